The van der Waals surface area contributed by atoms with E-state index < -0.39 is 0 Å². The number of rotatable bonds is 5. The first-order valence-corrected chi connectivity index (χ1v) is 12.2. The molecule has 8 heteroatoms. The lowest BCUT2D eigenvalue weighted by Gasteiger charge is -2.32. The molecule has 3 aromatic rings. The van der Waals surface area contributed by atoms with Crippen LogP contribution in [0.3, 0.4) is 0 Å². The molecule has 2 aliphatic heterocycles. The van der Waals surface area contributed by atoms with Gasteiger partial charge in [-0.25, -0.2) is 9.97 Å². The van der Waals surface area contributed by atoms with Crippen molar-refractivity contribution in [2.45, 2.75) is 32.6 Å². The standard InChI is InChI=1S/C27H31N5O3/c1-19-6-3-4-8-23(19)35-25-16-20(2)29-26(30-25)22-7-5-11-32(18-22)27(33)21-9-10-28-24(17-21)31-12-14-34-15-13-31/h3-4,6,8-10,16-17,22H,5,7,11-15,18H2,1-2H3/t22-/m1/s1. The Morgan fingerprint density at radius 2 is 1.89 bits per heavy atom. The number of hydrogen-bond donors (Lipinski definition) is 0. The van der Waals surface area contributed by atoms with Gasteiger partial charge in [0.25, 0.3) is 5.91 Å². The summed E-state index contributed by atoms with van der Waals surface area (Å²) in [5, 5.41) is 0. The molecule has 0 saturated carbocycles. The Hall–Kier alpha value is -3.52. The quantitative estimate of drug-likeness (QED) is 0.551. The number of hydrogen-bond acceptors (Lipinski definition) is 7. The number of morpholine rings is 1. The largest absolute Gasteiger partial charge is 0.439 e. The molecule has 0 aliphatic carbocycles. The van der Waals surface area contributed by atoms with Crippen LogP contribution in [0.15, 0.2) is 48.7 Å². The summed E-state index contributed by atoms with van der Waals surface area (Å²) < 4.78 is 11.5. The Balaban J connectivity index is 1.31. The number of carbonyl (C=O) groups excluding carboxylic acids is 1. The molecule has 1 aromatic carbocycles. The van der Waals surface area contributed by atoms with Crippen molar-refractivity contribution < 1.29 is 14.3 Å². The second-order valence-electron chi connectivity index (χ2n) is 9.17. The first kappa shape index (κ1) is 23.2. The fourth-order valence-corrected chi connectivity index (χ4v) is 4.65. The average Bonchev–Trinajstić information content (AvgIpc) is 2.90. The molecule has 2 aromatic heterocycles. The maximum atomic E-state index is 13.4. The fraction of sp³-hybridized carbons (Fsp3) is 0.407. The Labute approximate surface area is 205 Å². The van der Waals surface area contributed by atoms with Crippen molar-refractivity contribution in [2.75, 3.05) is 44.3 Å². The van der Waals surface area contributed by atoms with Gasteiger partial charge >= 0.3 is 0 Å². The van der Waals surface area contributed by atoms with Crippen molar-refractivity contribution in [3.63, 3.8) is 0 Å². The van der Waals surface area contributed by atoms with Gasteiger partial charge in [-0.1, -0.05) is 18.2 Å². The molecule has 1 atom stereocenters. The molecule has 35 heavy (non-hydrogen) atoms. The van der Waals surface area contributed by atoms with E-state index in [0.29, 0.717) is 31.2 Å². The topological polar surface area (TPSA) is 80.7 Å². The summed E-state index contributed by atoms with van der Waals surface area (Å²) >= 11 is 0. The molecule has 0 radical (unpaired) electrons. The van der Waals surface area contributed by atoms with Crippen LogP contribution in [0, 0.1) is 13.8 Å². The molecule has 1 amide bonds. The summed E-state index contributed by atoms with van der Waals surface area (Å²) in [6.45, 7) is 8.20. The molecule has 2 fully saturated rings. The van der Waals surface area contributed by atoms with Crippen molar-refractivity contribution in [2.24, 2.45) is 0 Å². The minimum absolute atomic E-state index is 0.0237. The molecule has 0 unspecified atom stereocenters. The minimum Gasteiger partial charge on any atom is -0.439 e. The van der Waals surface area contributed by atoms with Gasteiger partial charge < -0.3 is 19.3 Å². The highest BCUT2D eigenvalue weighted by Crippen LogP contribution is 2.29. The zero-order valence-electron chi connectivity index (χ0n) is 20.3. The van der Waals surface area contributed by atoms with E-state index in [1.807, 2.05) is 55.1 Å². The van der Waals surface area contributed by atoms with Crippen molar-refractivity contribution in [1.82, 2.24) is 19.9 Å². The zero-order valence-corrected chi connectivity index (χ0v) is 20.3. The summed E-state index contributed by atoms with van der Waals surface area (Å²) in [5.74, 6) is 2.96. The van der Waals surface area contributed by atoms with Gasteiger partial charge in [0.1, 0.15) is 17.4 Å². The van der Waals surface area contributed by atoms with Gasteiger partial charge in [-0.15, -0.1) is 0 Å². The predicted octanol–water partition coefficient (Wildman–Crippen LogP) is 4.14. The summed E-state index contributed by atoms with van der Waals surface area (Å²) in [4.78, 5) is 31.4. The highest BCUT2D eigenvalue weighted by Gasteiger charge is 2.28. The molecular weight excluding hydrogens is 442 g/mol. The average molecular weight is 474 g/mol. The maximum absolute atomic E-state index is 13.4. The van der Waals surface area contributed by atoms with E-state index in [0.717, 1.165) is 61.1 Å². The lowest BCUT2D eigenvalue weighted by Crippen LogP contribution is -2.40. The predicted molar refractivity (Wildman–Crippen MR) is 133 cm³/mol. The first-order valence-electron chi connectivity index (χ1n) is 12.2. The van der Waals surface area contributed by atoms with Gasteiger partial charge in [0.2, 0.25) is 5.88 Å². The second kappa shape index (κ2) is 10.4. The van der Waals surface area contributed by atoms with Gasteiger partial charge in [0.15, 0.2) is 0 Å². The van der Waals surface area contributed by atoms with Crippen LogP contribution in [0.1, 0.15) is 46.2 Å². The van der Waals surface area contributed by atoms with E-state index >= 15 is 0 Å². The molecule has 2 saturated heterocycles. The first-order chi connectivity index (χ1) is 17.1. The minimum atomic E-state index is 0.0237. The SMILES string of the molecule is Cc1cc(Oc2ccccc2C)nc([C@@H]2CCCN(C(=O)c3ccnc(N4CCOCC4)c3)C2)n1. The van der Waals surface area contributed by atoms with Crippen molar-refractivity contribution >= 4 is 11.7 Å². The summed E-state index contributed by atoms with van der Waals surface area (Å²) in [6, 6.07) is 13.4. The number of likely N-dealkylation sites (tertiary alicyclic amines) is 1. The Morgan fingerprint density at radius 1 is 1.06 bits per heavy atom. The third-order valence-corrected chi connectivity index (χ3v) is 6.56. The Bertz CT molecular complexity index is 1190. The van der Waals surface area contributed by atoms with Crippen molar-refractivity contribution in [1.29, 1.82) is 0 Å². The number of amides is 1. The van der Waals surface area contributed by atoms with Crippen LogP contribution in [0.25, 0.3) is 0 Å². The number of para-hydroxylation sites is 1. The van der Waals surface area contributed by atoms with E-state index in [1.165, 1.54) is 0 Å². The van der Waals surface area contributed by atoms with Gasteiger partial charge in [0, 0.05) is 55.6 Å². The van der Waals surface area contributed by atoms with Gasteiger partial charge in [-0.3, -0.25) is 4.79 Å². The van der Waals surface area contributed by atoms with Crippen LogP contribution >= 0.6 is 0 Å². The lowest BCUT2D eigenvalue weighted by molar-refractivity contribution is 0.0704. The highest BCUT2D eigenvalue weighted by atomic mass is 16.5. The van der Waals surface area contributed by atoms with Crippen molar-refractivity contribution in [3.8, 4) is 11.6 Å². The molecule has 8 nitrogen and oxygen atoms in total. The van der Waals surface area contributed by atoms with Crippen LogP contribution in [-0.2, 0) is 4.74 Å². The Kier molecular flexibility index (Phi) is 6.90. The molecular formula is C27H31N5O3. The van der Waals surface area contributed by atoms with E-state index in [4.69, 9.17) is 19.4 Å². The summed E-state index contributed by atoms with van der Waals surface area (Å²) in [7, 11) is 0. The number of carbonyl (C=O) groups is 1. The summed E-state index contributed by atoms with van der Waals surface area (Å²) in [6.07, 6.45) is 3.56. The number of ether oxygens (including phenoxy) is 2. The number of aryl methyl sites for hydroxylation is 2. The van der Waals surface area contributed by atoms with E-state index in [2.05, 4.69) is 9.88 Å². The summed E-state index contributed by atoms with van der Waals surface area (Å²) in [5.41, 5.74) is 2.57. The third-order valence-electron chi connectivity index (χ3n) is 6.56. The van der Waals surface area contributed by atoms with Gasteiger partial charge in [-0.2, -0.15) is 4.98 Å². The van der Waals surface area contributed by atoms with E-state index in [1.54, 1.807) is 12.3 Å². The van der Waals surface area contributed by atoms with Crippen LogP contribution in [0.5, 0.6) is 11.6 Å². The number of pyridine rings is 1. The van der Waals surface area contributed by atoms with Crippen molar-refractivity contribution in [3.05, 3.63) is 71.3 Å². The molecule has 0 spiro atoms. The molecule has 2 aliphatic rings. The van der Waals surface area contributed by atoms with Gasteiger partial charge in [0.05, 0.1) is 13.2 Å². The Morgan fingerprint density at radius 3 is 2.71 bits per heavy atom. The number of aromatic nitrogens is 3. The lowest BCUT2D eigenvalue weighted by atomic mass is 9.96. The van der Waals surface area contributed by atoms with Crippen LogP contribution in [0.2, 0.25) is 0 Å². The van der Waals surface area contributed by atoms with Crippen LogP contribution in [0.4, 0.5) is 5.82 Å². The smallest absolute Gasteiger partial charge is 0.254 e. The van der Waals surface area contributed by atoms with Crippen LogP contribution in [-0.4, -0.2) is 65.2 Å². The normalized spacial score (nSPS) is 18.4. The van der Waals surface area contributed by atoms with E-state index in [9.17, 15) is 4.79 Å². The third kappa shape index (κ3) is 5.43. The second-order valence-corrected chi connectivity index (χ2v) is 9.17. The van der Waals surface area contributed by atoms with Crippen LogP contribution < -0.4 is 9.64 Å². The number of benzene rings is 1. The van der Waals surface area contributed by atoms with E-state index in [-0.39, 0.29) is 11.8 Å². The molecule has 182 valence electrons. The van der Waals surface area contributed by atoms with Gasteiger partial charge in [-0.05, 0) is 50.5 Å². The monoisotopic (exact) mass is 473 g/mol. The molecule has 4 heterocycles. The molecule has 0 N–H and O–H groups in total. The highest BCUT2D eigenvalue weighted by molar-refractivity contribution is 5.95. The fourth-order valence-electron chi connectivity index (χ4n) is 4.65. The number of anilines is 1. The molecule has 5 rings (SSSR count). The zero-order chi connectivity index (χ0) is 24.2. The molecule has 0 bridgehead atoms. The number of nitrogens with zero attached hydrogens (tertiary/aromatic N) is 5. The maximum Gasteiger partial charge on any atom is 0.254 e. The number of piperidine rings is 1.